The Balaban J connectivity index is 2.01. The lowest BCUT2D eigenvalue weighted by Crippen LogP contribution is -2.15. The lowest BCUT2D eigenvalue weighted by Gasteiger charge is -2.18. The van der Waals surface area contributed by atoms with Crippen LogP contribution in [0.15, 0.2) is 24.4 Å². The van der Waals surface area contributed by atoms with E-state index in [2.05, 4.69) is 10.3 Å². The number of aromatic nitrogens is 3. The fourth-order valence-corrected chi connectivity index (χ4v) is 1.87. The van der Waals surface area contributed by atoms with E-state index in [0.29, 0.717) is 19.0 Å². The first-order valence-corrected chi connectivity index (χ1v) is 5.54. The number of fused-ring (bicyclic) bond motifs is 1. The van der Waals surface area contributed by atoms with Gasteiger partial charge in [-0.15, -0.1) is 5.10 Å². The van der Waals surface area contributed by atoms with E-state index in [0.717, 1.165) is 17.0 Å². The van der Waals surface area contributed by atoms with Gasteiger partial charge in [0.15, 0.2) is 11.5 Å². The van der Waals surface area contributed by atoms with Crippen molar-refractivity contribution in [2.75, 3.05) is 13.2 Å². The zero-order chi connectivity index (χ0) is 12.4. The molecule has 3 rings (SSSR count). The zero-order valence-electron chi connectivity index (χ0n) is 9.54. The predicted molar refractivity (Wildman–Crippen MR) is 62.1 cm³/mol. The molecule has 2 heterocycles. The summed E-state index contributed by atoms with van der Waals surface area (Å²) < 4.78 is 12.5. The van der Waals surface area contributed by atoms with E-state index >= 15 is 0 Å². The van der Waals surface area contributed by atoms with Gasteiger partial charge in [0.05, 0.1) is 18.0 Å². The second-order valence-electron chi connectivity index (χ2n) is 3.79. The molecule has 0 saturated heterocycles. The van der Waals surface area contributed by atoms with Crippen LogP contribution in [0.1, 0.15) is 0 Å². The van der Waals surface area contributed by atoms with Crippen LogP contribution in [-0.2, 0) is 6.54 Å². The Morgan fingerprint density at radius 2 is 2.11 bits per heavy atom. The first-order valence-electron chi connectivity index (χ1n) is 5.54. The third-order valence-corrected chi connectivity index (χ3v) is 2.68. The summed E-state index contributed by atoms with van der Waals surface area (Å²) in [6.07, 6.45) is 1.63. The van der Waals surface area contributed by atoms with Crippen molar-refractivity contribution in [2.24, 2.45) is 0 Å². The lowest BCUT2D eigenvalue weighted by molar-refractivity contribution is 0.171. The molecule has 0 atom stereocenters. The summed E-state index contributed by atoms with van der Waals surface area (Å²) in [6.45, 7) is 1.29. The van der Waals surface area contributed by atoms with Gasteiger partial charge in [0.1, 0.15) is 19.8 Å². The minimum Gasteiger partial charge on any atom is -0.486 e. The molecule has 1 aromatic heterocycles. The van der Waals surface area contributed by atoms with Crippen LogP contribution in [0.2, 0.25) is 0 Å². The summed E-state index contributed by atoms with van der Waals surface area (Å²) in [7, 11) is 0. The van der Waals surface area contributed by atoms with E-state index in [-0.39, 0.29) is 6.54 Å². The summed E-state index contributed by atoms with van der Waals surface area (Å²) in [6, 6.07) is 7.68. The average molecular weight is 242 g/mol. The zero-order valence-corrected chi connectivity index (χ0v) is 9.54. The van der Waals surface area contributed by atoms with Crippen molar-refractivity contribution in [1.29, 1.82) is 5.26 Å². The molecule has 2 aromatic rings. The Kier molecular flexibility index (Phi) is 2.57. The van der Waals surface area contributed by atoms with Gasteiger partial charge >= 0.3 is 0 Å². The van der Waals surface area contributed by atoms with Crippen molar-refractivity contribution in [3.05, 3.63) is 24.4 Å². The molecule has 0 spiro atoms. The standard InChI is InChI=1S/C12H10N4O2/c13-3-4-16-10(8-14-15-16)9-1-2-11-12(7-9)18-6-5-17-11/h1-2,7-8H,4-6H2. The Bertz CT molecular complexity index is 615. The third-order valence-electron chi connectivity index (χ3n) is 2.68. The number of hydrogen-bond acceptors (Lipinski definition) is 5. The van der Waals surface area contributed by atoms with E-state index < -0.39 is 0 Å². The van der Waals surface area contributed by atoms with Gasteiger partial charge in [-0.25, -0.2) is 4.68 Å². The summed E-state index contributed by atoms with van der Waals surface area (Å²) in [4.78, 5) is 0. The van der Waals surface area contributed by atoms with Crippen molar-refractivity contribution in [3.8, 4) is 28.8 Å². The molecule has 0 radical (unpaired) electrons. The molecule has 0 unspecified atom stereocenters. The normalized spacial score (nSPS) is 13.1. The first kappa shape index (κ1) is 10.6. The van der Waals surface area contributed by atoms with Gasteiger partial charge in [-0.05, 0) is 18.2 Å². The molecule has 0 bridgehead atoms. The van der Waals surface area contributed by atoms with E-state index in [1.807, 2.05) is 24.3 Å². The molecule has 6 heteroatoms. The number of ether oxygens (including phenoxy) is 2. The summed E-state index contributed by atoms with van der Waals surface area (Å²) >= 11 is 0. The van der Waals surface area contributed by atoms with E-state index in [9.17, 15) is 0 Å². The maximum Gasteiger partial charge on any atom is 0.162 e. The number of hydrogen-bond donors (Lipinski definition) is 0. The third kappa shape index (κ3) is 1.76. The molecule has 18 heavy (non-hydrogen) atoms. The predicted octanol–water partition coefficient (Wildman–Crippen LogP) is 1.24. The second-order valence-corrected chi connectivity index (χ2v) is 3.79. The molecular weight excluding hydrogens is 232 g/mol. The second kappa shape index (κ2) is 4.37. The molecule has 6 nitrogen and oxygen atoms in total. The van der Waals surface area contributed by atoms with Crippen molar-refractivity contribution < 1.29 is 9.47 Å². The topological polar surface area (TPSA) is 73.0 Å². The Hall–Kier alpha value is -2.55. The summed E-state index contributed by atoms with van der Waals surface area (Å²) in [5, 5.41) is 16.4. The highest BCUT2D eigenvalue weighted by Crippen LogP contribution is 2.34. The monoisotopic (exact) mass is 242 g/mol. The van der Waals surface area contributed by atoms with Crippen LogP contribution in [0.3, 0.4) is 0 Å². The molecule has 1 aliphatic heterocycles. The minimum absolute atomic E-state index is 0.170. The fourth-order valence-electron chi connectivity index (χ4n) is 1.87. The molecular formula is C12H10N4O2. The quantitative estimate of drug-likeness (QED) is 0.792. The van der Waals surface area contributed by atoms with Crippen LogP contribution in [0, 0.1) is 11.3 Å². The maximum absolute atomic E-state index is 8.72. The Morgan fingerprint density at radius 1 is 1.28 bits per heavy atom. The number of rotatable bonds is 2. The molecule has 0 fully saturated rings. The molecule has 90 valence electrons. The summed E-state index contributed by atoms with van der Waals surface area (Å²) in [5.74, 6) is 1.45. The average Bonchev–Trinajstić information content (AvgIpc) is 2.87. The Morgan fingerprint density at radius 3 is 2.94 bits per heavy atom. The van der Waals surface area contributed by atoms with Gasteiger partial charge in [-0.2, -0.15) is 5.26 Å². The van der Waals surface area contributed by atoms with Crippen molar-refractivity contribution >= 4 is 0 Å². The van der Waals surface area contributed by atoms with Crippen LogP contribution in [0.5, 0.6) is 11.5 Å². The lowest BCUT2D eigenvalue weighted by atomic mass is 10.1. The molecule has 1 aromatic carbocycles. The number of nitriles is 1. The summed E-state index contributed by atoms with van der Waals surface area (Å²) in [5.41, 5.74) is 1.69. The van der Waals surface area contributed by atoms with Crippen molar-refractivity contribution in [2.45, 2.75) is 6.54 Å². The van der Waals surface area contributed by atoms with Crippen molar-refractivity contribution in [1.82, 2.24) is 15.0 Å². The molecule has 0 amide bonds. The molecule has 0 aliphatic carbocycles. The fraction of sp³-hybridized carbons (Fsp3) is 0.250. The Labute approximate surface area is 103 Å². The number of benzene rings is 1. The van der Waals surface area contributed by atoms with Crippen LogP contribution in [0.25, 0.3) is 11.3 Å². The molecule has 1 aliphatic rings. The van der Waals surface area contributed by atoms with Gasteiger partial charge in [0.2, 0.25) is 0 Å². The van der Waals surface area contributed by atoms with Crippen LogP contribution in [-0.4, -0.2) is 28.2 Å². The SMILES string of the molecule is N#CCn1nncc1-c1ccc2c(c1)OCCO2. The van der Waals surface area contributed by atoms with Gasteiger partial charge < -0.3 is 9.47 Å². The smallest absolute Gasteiger partial charge is 0.162 e. The highest BCUT2D eigenvalue weighted by Gasteiger charge is 2.14. The highest BCUT2D eigenvalue weighted by atomic mass is 16.6. The van der Waals surface area contributed by atoms with Gasteiger partial charge in [0, 0.05) is 5.56 Å². The van der Waals surface area contributed by atoms with E-state index in [1.165, 1.54) is 0 Å². The van der Waals surface area contributed by atoms with Crippen LogP contribution < -0.4 is 9.47 Å². The van der Waals surface area contributed by atoms with Crippen molar-refractivity contribution in [3.63, 3.8) is 0 Å². The van der Waals surface area contributed by atoms with Crippen LogP contribution >= 0.6 is 0 Å². The molecule has 0 N–H and O–H groups in total. The van der Waals surface area contributed by atoms with E-state index in [1.54, 1.807) is 10.9 Å². The highest BCUT2D eigenvalue weighted by molar-refractivity contribution is 5.63. The maximum atomic E-state index is 8.72. The van der Waals surface area contributed by atoms with Gasteiger partial charge in [-0.3, -0.25) is 0 Å². The van der Waals surface area contributed by atoms with Gasteiger partial charge in [-0.1, -0.05) is 5.21 Å². The van der Waals surface area contributed by atoms with Gasteiger partial charge in [0.25, 0.3) is 0 Å². The number of nitrogens with zero attached hydrogens (tertiary/aromatic N) is 4. The molecule has 0 saturated carbocycles. The first-order chi connectivity index (χ1) is 8.88. The minimum atomic E-state index is 0.170. The largest absolute Gasteiger partial charge is 0.486 e. The van der Waals surface area contributed by atoms with Crippen LogP contribution in [0.4, 0.5) is 0 Å². The van der Waals surface area contributed by atoms with E-state index in [4.69, 9.17) is 14.7 Å².